The molecule has 2 saturated heterocycles. The van der Waals surface area contributed by atoms with Crippen LogP contribution < -0.4 is 21.3 Å². The van der Waals surface area contributed by atoms with Gasteiger partial charge in [-0.15, -0.1) is 29.6 Å². The number of amides is 1. The lowest BCUT2D eigenvalue weighted by atomic mass is 10.0. The number of nitrogens with one attached hydrogen (secondary N) is 4. The Bertz CT molecular complexity index is 879. The number of thioether (sulfide) groups is 2. The minimum Gasteiger partial charge on any atom is -0.367 e. The van der Waals surface area contributed by atoms with Crippen LogP contribution in [-0.4, -0.2) is 65.9 Å². The molecule has 2 aliphatic heterocycles. The zero-order valence-electron chi connectivity index (χ0n) is 21.7. The van der Waals surface area contributed by atoms with Gasteiger partial charge in [0, 0.05) is 41.7 Å². The maximum absolute atomic E-state index is 12.8. The van der Waals surface area contributed by atoms with Crippen LogP contribution in [0.15, 0.2) is 47.6 Å². The number of hydrogen-bond acceptors (Lipinski definition) is 8. The Kier molecular flexibility index (Phi) is 15.8. The smallest absolute Gasteiger partial charge is 0.233 e. The highest BCUT2D eigenvalue weighted by molar-refractivity contribution is 8.00. The largest absolute Gasteiger partial charge is 0.367 e. The molecule has 11 heteroatoms. The Balaban J connectivity index is 0.00000235. The first-order chi connectivity index (χ1) is 18.0. The number of unbranched alkanes of at least 4 members (excludes halogenated alkanes) is 1. The van der Waals surface area contributed by atoms with Crippen molar-refractivity contribution < 1.29 is 14.4 Å². The molecule has 0 radical (unpaired) electrons. The Morgan fingerprint density at radius 1 is 1.11 bits per heavy atom. The molecule has 0 saturated carbocycles. The van der Waals surface area contributed by atoms with Gasteiger partial charge in [0.25, 0.3) is 0 Å². The summed E-state index contributed by atoms with van der Waals surface area (Å²) in [4.78, 5) is 38.1. The molecule has 37 heavy (non-hydrogen) atoms. The molecule has 2 heterocycles. The average Bonchev–Trinajstić information content (AvgIpc) is 3.45. The van der Waals surface area contributed by atoms with Gasteiger partial charge in [-0.05, 0) is 38.4 Å². The van der Waals surface area contributed by atoms with E-state index in [0.717, 1.165) is 35.7 Å². The van der Waals surface area contributed by atoms with E-state index in [0.29, 0.717) is 43.1 Å². The molecular formula is C26H42N4O3P2S2. The standard InChI is InChI=1S/C26H38N4O3S2.H4P2/c1-18-29-22-17-34-23(25(22)30-18)13-7-6-9-19(31)10-8-14-28-26(33)24(15-20(32)16-27-2)35-21-11-4-3-5-12-21;1-2/h3-5,11-12,22-25,27,29-30H,1,6-10,13-17H2,2H3,(H,28,33);1-2H2/t22?,23?,24-,25?;/m0./s1. The van der Waals surface area contributed by atoms with E-state index >= 15 is 0 Å². The van der Waals surface area contributed by atoms with E-state index in [1.165, 1.54) is 11.8 Å². The van der Waals surface area contributed by atoms with Crippen molar-refractivity contribution in [3.05, 3.63) is 42.7 Å². The van der Waals surface area contributed by atoms with E-state index in [-0.39, 0.29) is 30.4 Å². The van der Waals surface area contributed by atoms with Crippen molar-refractivity contribution in [1.82, 2.24) is 21.3 Å². The summed E-state index contributed by atoms with van der Waals surface area (Å²) in [7, 11) is 6.39. The van der Waals surface area contributed by atoms with E-state index in [1.54, 1.807) is 7.05 Å². The van der Waals surface area contributed by atoms with Crippen molar-refractivity contribution in [2.24, 2.45) is 0 Å². The summed E-state index contributed by atoms with van der Waals surface area (Å²) >= 11 is 3.41. The molecule has 7 nitrogen and oxygen atoms in total. The lowest BCUT2D eigenvalue weighted by Crippen LogP contribution is -2.36. The molecule has 0 bridgehead atoms. The predicted octanol–water partition coefficient (Wildman–Crippen LogP) is 3.52. The Hall–Kier alpha value is -1.11. The van der Waals surface area contributed by atoms with E-state index in [2.05, 4.69) is 45.7 Å². The summed E-state index contributed by atoms with van der Waals surface area (Å²) in [5, 5.41) is 12.7. The third-order valence-corrected chi connectivity index (χ3v) is 8.97. The van der Waals surface area contributed by atoms with Crippen LogP contribution in [0, 0.1) is 0 Å². The van der Waals surface area contributed by atoms with Crippen LogP contribution in [0.2, 0.25) is 0 Å². The summed E-state index contributed by atoms with van der Waals surface area (Å²) in [5.74, 6) is 2.15. The summed E-state index contributed by atoms with van der Waals surface area (Å²) in [6.45, 7) is 4.66. The number of ketones is 2. The number of carbonyl (C=O) groups excluding carboxylic acids is 3. The molecule has 6 atom stereocenters. The Labute approximate surface area is 235 Å². The molecule has 3 rings (SSSR count). The zero-order chi connectivity index (χ0) is 27.0. The Morgan fingerprint density at radius 3 is 2.57 bits per heavy atom. The van der Waals surface area contributed by atoms with Crippen LogP contribution in [-0.2, 0) is 14.4 Å². The first kappa shape index (κ1) is 32.1. The molecular weight excluding hydrogens is 542 g/mol. The SMILES string of the molecule is C=C1NC2CSC(CCCCC(=O)CCCNC(=O)[C@H](CC(=O)CNC)Sc3ccccc3)C2N1.PP. The fourth-order valence-corrected chi connectivity index (χ4v) is 7.13. The molecule has 1 amide bonds. The molecule has 0 spiro atoms. The third kappa shape index (κ3) is 11.7. The van der Waals surface area contributed by atoms with Crippen LogP contribution in [0.25, 0.3) is 0 Å². The summed E-state index contributed by atoms with van der Waals surface area (Å²) in [5.41, 5.74) is 0. The van der Waals surface area contributed by atoms with Gasteiger partial charge in [0.2, 0.25) is 5.91 Å². The van der Waals surface area contributed by atoms with E-state index in [4.69, 9.17) is 0 Å². The van der Waals surface area contributed by atoms with Crippen molar-refractivity contribution in [2.45, 2.75) is 72.4 Å². The van der Waals surface area contributed by atoms with Gasteiger partial charge in [0.05, 0.1) is 29.7 Å². The molecule has 4 N–H and O–H groups in total. The van der Waals surface area contributed by atoms with Crippen LogP contribution in [0.3, 0.4) is 0 Å². The quantitative estimate of drug-likeness (QED) is 0.133. The zero-order valence-corrected chi connectivity index (χ0v) is 25.6. The number of fused-ring (bicyclic) bond motifs is 1. The Morgan fingerprint density at radius 2 is 1.84 bits per heavy atom. The minimum absolute atomic E-state index is 0.00249. The highest BCUT2D eigenvalue weighted by Gasteiger charge is 2.40. The van der Waals surface area contributed by atoms with Gasteiger partial charge in [-0.2, -0.15) is 11.8 Å². The number of Topliss-reactive ketones (excluding diaryl/α,β-unsaturated/α-hetero) is 2. The van der Waals surface area contributed by atoms with Crippen LogP contribution in [0.4, 0.5) is 0 Å². The predicted molar refractivity (Wildman–Crippen MR) is 164 cm³/mol. The summed E-state index contributed by atoms with van der Waals surface area (Å²) in [6, 6.07) is 10.6. The van der Waals surface area contributed by atoms with Crippen molar-refractivity contribution >= 4 is 58.9 Å². The van der Waals surface area contributed by atoms with Crippen LogP contribution >= 0.6 is 41.4 Å². The average molecular weight is 585 g/mol. The van der Waals surface area contributed by atoms with Crippen molar-refractivity contribution in [1.29, 1.82) is 0 Å². The van der Waals surface area contributed by atoms with Gasteiger partial charge in [-0.1, -0.05) is 31.2 Å². The van der Waals surface area contributed by atoms with E-state index in [1.807, 2.05) is 42.1 Å². The third-order valence-electron chi connectivity index (χ3n) is 6.25. The number of rotatable bonds is 16. The summed E-state index contributed by atoms with van der Waals surface area (Å²) in [6.07, 6.45) is 4.95. The van der Waals surface area contributed by atoms with E-state index < -0.39 is 5.25 Å². The van der Waals surface area contributed by atoms with Gasteiger partial charge < -0.3 is 21.3 Å². The maximum Gasteiger partial charge on any atom is 0.233 e. The van der Waals surface area contributed by atoms with Crippen molar-refractivity contribution in [3.63, 3.8) is 0 Å². The van der Waals surface area contributed by atoms with E-state index in [9.17, 15) is 14.4 Å². The van der Waals surface area contributed by atoms with Crippen molar-refractivity contribution in [2.75, 3.05) is 25.9 Å². The number of carbonyl (C=O) groups is 3. The normalized spacial score (nSPS) is 20.6. The highest BCUT2D eigenvalue weighted by atomic mass is 32.2. The molecule has 0 aliphatic carbocycles. The fourth-order valence-electron chi connectivity index (χ4n) is 4.48. The molecule has 2 aliphatic rings. The summed E-state index contributed by atoms with van der Waals surface area (Å²) < 4.78 is 0. The lowest BCUT2D eigenvalue weighted by molar-refractivity contribution is -0.124. The first-order valence-electron chi connectivity index (χ1n) is 12.8. The number of benzene rings is 1. The molecule has 0 aromatic heterocycles. The number of hydrogen-bond donors (Lipinski definition) is 4. The van der Waals surface area contributed by atoms with Gasteiger partial charge in [-0.3, -0.25) is 14.4 Å². The molecule has 2 fully saturated rings. The van der Waals surface area contributed by atoms with Crippen LogP contribution in [0.1, 0.15) is 44.9 Å². The van der Waals surface area contributed by atoms with Gasteiger partial charge in [0.15, 0.2) is 0 Å². The second kappa shape index (κ2) is 18.2. The van der Waals surface area contributed by atoms with Crippen LogP contribution in [0.5, 0.6) is 0 Å². The minimum atomic E-state index is -0.483. The van der Waals surface area contributed by atoms with Gasteiger partial charge in [-0.25, -0.2) is 0 Å². The lowest BCUT2D eigenvalue weighted by Gasteiger charge is -2.17. The first-order valence-corrected chi connectivity index (χ1v) is 17.4. The van der Waals surface area contributed by atoms with Crippen molar-refractivity contribution in [3.8, 4) is 0 Å². The molecule has 5 unspecified atom stereocenters. The fraction of sp³-hybridized carbons (Fsp3) is 0.577. The number of likely N-dealkylation sites (N-methyl/N-ethyl adjacent to an activating group) is 1. The monoisotopic (exact) mass is 584 g/mol. The second-order valence-electron chi connectivity index (χ2n) is 9.14. The van der Waals surface area contributed by atoms with Gasteiger partial charge >= 0.3 is 0 Å². The van der Waals surface area contributed by atoms with Gasteiger partial charge in [0.1, 0.15) is 11.6 Å². The molecule has 1 aromatic rings. The molecule has 1 aromatic carbocycles. The topological polar surface area (TPSA) is 99.3 Å². The molecule has 206 valence electrons. The second-order valence-corrected chi connectivity index (χ2v) is 11.7. The maximum atomic E-state index is 12.8. The highest BCUT2D eigenvalue weighted by Crippen LogP contribution is 2.34.